The number of aryl methyl sites for hydroxylation is 1. The van der Waals surface area contributed by atoms with Crippen LogP contribution in [0.1, 0.15) is 96.0 Å². The van der Waals surface area contributed by atoms with E-state index in [1.165, 1.54) is 46.3 Å². The Hall–Kier alpha value is -1.58. The van der Waals surface area contributed by atoms with E-state index in [-0.39, 0.29) is 28.5 Å². The number of esters is 1. The molecule has 0 spiro atoms. The van der Waals surface area contributed by atoms with Gasteiger partial charge in [0.05, 0.1) is 31.0 Å². The maximum absolute atomic E-state index is 12.5. The zero-order valence-electron chi connectivity index (χ0n) is 24.0. The van der Waals surface area contributed by atoms with Gasteiger partial charge in [0.25, 0.3) is 0 Å². The molecule has 0 bridgehead atoms. The minimum atomic E-state index is -0.819. The van der Waals surface area contributed by atoms with Crippen molar-refractivity contribution in [3.63, 3.8) is 0 Å². The lowest BCUT2D eigenvalue weighted by Gasteiger charge is -2.37. The number of ketones is 1. The second-order valence-electron chi connectivity index (χ2n) is 10.3. The van der Waals surface area contributed by atoms with E-state index < -0.39 is 12.1 Å². The third kappa shape index (κ3) is 12.6. The third-order valence-corrected chi connectivity index (χ3v) is 10.5. The molecule has 1 atom stereocenters. The van der Waals surface area contributed by atoms with Crippen molar-refractivity contribution in [2.24, 2.45) is 0 Å². The van der Waals surface area contributed by atoms with Gasteiger partial charge >= 0.3 is 5.97 Å². The van der Waals surface area contributed by atoms with Gasteiger partial charge in [0.2, 0.25) is 5.75 Å². The topological polar surface area (TPSA) is 102 Å². The first-order valence-electron chi connectivity index (χ1n) is 14.4. The number of ether oxygens (including phenoxy) is 3. The summed E-state index contributed by atoms with van der Waals surface area (Å²) in [5.41, 5.74) is 0.970. The Morgan fingerprint density at radius 2 is 1.56 bits per heavy atom. The Labute approximate surface area is 243 Å². The van der Waals surface area contributed by atoms with Crippen molar-refractivity contribution in [3.8, 4) is 17.2 Å². The lowest BCUT2D eigenvalue weighted by Crippen LogP contribution is -2.32. The molecule has 1 saturated heterocycles. The molecule has 222 valence electrons. The monoisotopic (exact) mass is 584 g/mol. The largest absolute Gasteiger partial charge is 0.502 e. The van der Waals surface area contributed by atoms with E-state index in [1.54, 1.807) is 0 Å². The lowest BCUT2D eigenvalue weighted by atomic mass is 10.0. The molecule has 0 saturated carbocycles. The van der Waals surface area contributed by atoms with E-state index in [1.807, 2.05) is 35.7 Å². The summed E-state index contributed by atoms with van der Waals surface area (Å²) in [6.45, 7) is 2.56. The van der Waals surface area contributed by atoms with Crippen LogP contribution in [0.2, 0.25) is 0 Å². The van der Waals surface area contributed by atoms with Gasteiger partial charge in [0.1, 0.15) is 12.2 Å². The highest BCUT2D eigenvalue weighted by molar-refractivity contribution is 8.18. The number of carbonyl (C=O) groups is 2. The zero-order valence-corrected chi connectivity index (χ0v) is 25.6. The van der Waals surface area contributed by atoms with E-state index in [2.05, 4.69) is 6.92 Å². The summed E-state index contributed by atoms with van der Waals surface area (Å²) in [5.74, 6) is 1.93. The standard InChI is InChI=1S/C30H48O7S2/c1-4-5-6-7-8-9-10-11-15-37-28(33)21-24(31)20-25(32)22-30(38-16-12-17-39-30)14-13-23-18-26(35-2)29(34)27(19-23)36-3/h18-19,25,32,34H,4-17,20-22H2,1-3H3/t25-/m0/s1. The molecule has 1 aliphatic rings. The number of methoxy groups -OCH3 is 2. The number of unbranched alkanes of at least 4 members (excludes halogenated alkanes) is 7. The number of aliphatic hydroxyl groups is 1. The van der Waals surface area contributed by atoms with Gasteiger partial charge < -0.3 is 24.4 Å². The highest BCUT2D eigenvalue weighted by Crippen LogP contribution is 2.49. The number of benzene rings is 1. The summed E-state index contributed by atoms with van der Waals surface area (Å²) < 4.78 is 15.6. The molecule has 0 amide bonds. The number of rotatable bonds is 20. The Morgan fingerprint density at radius 3 is 2.15 bits per heavy atom. The van der Waals surface area contributed by atoms with Crippen molar-refractivity contribution in [1.29, 1.82) is 0 Å². The van der Waals surface area contributed by atoms with Crippen LogP contribution in [-0.4, -0.2) is 64.5 Å². The first-order chi connectivity index (χ1) is 18.8. The molecule has 7 nitrogen and oxygen atoms in total. The van der Waals surface area contributed by atoms with Crippen LogP contribution in [0.4, 0.5) is 0 Å². The number of thioether (sulfide) groups is 2. The average molecular weight is 585 g/mol. The van der Waals surface area contributed by atoms with Gasteiger partial charge in [0.15, 0.2) is 11.5 Å². The Balaban J connectivity index is 1.78. The maximum Gasteiger partial charge on any atom is 0.313 e. The minimum Gasteiger partial charge on any atom is -0.502 e. The predicted molar refractivity (Wildman–Crippen MR) is 160 cm³/mol. The number of aromatic hydroxyl groups is 1. The summed E-state index contributed by atoms with van der Waals surface area (Å²) in [7, 11) is 3.01. The molecule has 1 aliphatic heterocycles. The zero-order chi connectivity index (χ0) is 28.5. The highest BCUT2D eigenvalue weighted by atomic mass is 32.2. The highest BCUT2D eigenvalue weighted by Gasteiger charge is 2.36. The first-order valence-corrected chi connectivity index (χ1v) is 16.4. The van der Waals surface area contributed by atoms with Crippen molar-refractivity contribution >= 4 is 35.3 Å². The van der Waals surface area contributed by atoms with Crippen molar-refractivity contribution in [3.05, 3.63) is 17.7 Å². The molecule has 0 aromatic heterocycles. The smallest absolute Gasteiger partial charge is 0.313 e. The van der Waals surface area contributed by atoms with Crippen LogP contribution in [0.5, 0.6) is 17.2 Å². The van der Waals surface area contributed by atoms with E-state index in [0.29, 0.717) is 30.9 Å². The first kappa shape index (κ1) is 33.6. The van der Waals surface area contributed by atoms with Crippen LogP contribution in [0, 0.1) is 0 Å². The third-order valence-electron chi connectivity index (χ3n) is 6.97. The van der Waals surface area contributed by atoms with E-state index in [4.69, 9.17) is 14.2 Å². The van der Waals surface area contributed by atoms with Crippen LogP contribution >= 0.6 is 23.5 Å². The molecule has 9 heteroatoms. The van der Waals surface area contributed by atoms with Gasteiger partial charge in [-0.05, 0) is 61.3 Å². The van der Waals surface area contributed by atoms with Crippen molar-refractivity contribution in [1.82, 2.24) is 0 Å². The molecule has 1 aromatic rings. The van der Waals surface area contributed by atoms with Gasteiger partial charge in [-0.3, -0.25) is 9.59 Å². The fourth-order valence-corrected chi connectivity index (χ4v) is 8.26. The van der Waals surface area contributed by atoms with Gasteiger partial charge in [-0.1, -0.05) is 51.9 Å². The van der Waals surface area contributed by atoms with Crippen LogP contribution in [0.3, 0.4) is 0 Å². The molecule has 0 radical (unpaired) electrons. The number of phenolic OH excluding ortho intramolecular Hbond substituents is 1. The lowest BCUT2D eigenvalue weighted by molar-refractivity contribution is -0.146. The molecule has 0 unspecified atom stereocenters. The van der Waals surface area contributed by atoms with Crippen molar-refractivity contribution in [2.45, 2.75) is 107 Å². The average Bonchev–Trinajstić information content (AvgIpc) is 2.91. The van der Waals surface area contributed by atoms with Crippen molar-refractivity contribution < 1.29 is 34.0 Å². The second-order valence-corrected chi connectivity index (χ2v) is 13.5. The minimum absolute atomic E-state index is 0.0230. The number of phenols is 1. The van der Waals surface area contributed by atoms with Crippen LogP contribution < -0.4 is 9.47 Å². The van der Waals surface area contributed by atoms with Crippen LogP contribution in [-0.2, 0) is 20.7 Å². The summed E-state index contributed by atoms with van der Waals surface area (Å²) in [6, 6.07) is 3.62. The number of carbonyl (C=O) groups excluding carboxylic acids is 2. The molecular formula is C30H48O7S2. The van der Waals surface area contributed by atoms with Crippen LogP contribution in [0.25, 0.3) is 0 Å². The summed E-state index contributed by atoms with van der Waals surface area (Å²) in [6.07, 6.45) is 11.3. The number of hydrogen-bond donors (Lipinski definition) is 2. The van der Waals surface area contributed by atoms with Gasteiger partial charge in [-0.15, -0.1) is 23.5 Å². The molecule has 2 rings (SSSR count). The molecule has 39 heavy (non-hydrogen) atoms. The van der Waals surface area contributed by atoms with Gasteiger partial charge in [0, 0.05) is 6.42 Å². The number of hydrogen-bond acceptors (Lipinski definition) is 9. The molecule has 1 fully saturated rings. The Bertz CT molecular complexity index is 846. The van der Waals surface area contributed by atoms with E-state index >= 15 is 0 Å². The van der Waals surface area contributed by atoms with Gasteiger partial charge in [-0.25, -0.2) is 0 Å². The molecule has 1 aromatic carbocycles. The SMILES string of the molecule is CCCCCCCCCCOC(=O)CC(=O)C[C@H](O)CC1(CCc2cc(OC)c(O)c(OC)c2)SCCCS1. The normalized spacial score (nSPS) is 15.5. The fraction of sp³-hybridized carbons (Fsp3) is 0.733. The Morgan fingerprint density at radius 1 is 0.974 bits per heavy atom. The van der Waals surface area contributed by atoms with Crippen molar-refractivity contribution in [2.75, 3.05) is 32.3 Å². The van der Waals surface area contributed by atoms with Crippen LogP contribution in [0.15, 0.2) is 12.1 Å². The van der Waals surface area contributed by atoms with Gasteiger partial charge in [-0.2, -0.15) is 0 Å². The molecule has 0 aliphatic carbocycles. The number of Topliss-reactive ketones (excluding diaryl/α,β-unsaturated/α-hetero) is 1. The number of aliphatic hydroxyl groups excluding tert-OH is 1. The fourth-order valence-electron chi connectivity index (χ4n) is 4.81. The van der Waals surface area contributed by atoms with E-state index in [0.717, 1.165) is 49.2 Å². The second kappa shape index (κ2) is 18.7. The van der Waals surface area contributed by atoms with E-state index in [9.17, 15) is 19.8 Å². The summed E-state index contributed by atoms with van der Waals surface area (Å²) in [5, 5.41) is 21.0. The molecule has 1 heterocycles. The summed E-state index contributed by atoms with van der Waals surface area (Å²) in [4.78, 5) is 24.6. The summed E-state index contributed by atoms with van der Waals surface area (Å²) >= 11 is 3.67. The molecule has 2 N–H and O–H groups in total. The maximum atomic E-state index is 12.5. The quantitative estimate of drug-likeness (QED) is 0.0985. The Kier molecular flexibility index (Phi) is 16.1. The predicted octanol–water partition coefficient (Wildman–Crippen LogP) is 6.69. The molecular weight excluding hydrogens is 536 g/mol.